The number of hydrogen-bond acceptors (Lipinski definition) is 6. The maximum Gasteiger partial charge on any atom is 0.287 e. The van der Waals surface area contributed by atoms with Crippen LogP contribution >= 0.6 is 11.6 Å². The van der Waals surface area contributed by atoms with Crippen LogP contribution in [-0.4, -0.2) is 27.3 Å². The molecule has 0 saturated heterocycles. The van der Waals surface area contributed by atoms with Crippen molar-refractivity contribution in [1.82, 2.24) is 14.8 Å². The minimum absolute atomic E-state index is 0.207. The third-order valence-electron chi connectivity index (χ3n) is 4.33. The third kappa shape index (κ3) is 4.69. The van der Waals surface area contributed by atoms with Crippen molar-refractivity contribution in [3.63, 3.8) is 0 Å². The molecule has 2 aromatic carbocycles. The van der Waals surface area contributed by atoms with E-state index in [9.17, 15) is 4.79 Å². The fraction of sp³-hybridized carbons (Fsp3) is 0.136. The SMILES string of the molecule is Cc1ccc(CNc2nc(-c3ccco3)nn2C(=O)COc2ccc(Cl)cc2)cc1. The molecule has 0 aliphatic heterocycles. The Kier molecular flexibility index (Phi) is 5.81. The number of benzene rings is 2. The van der Waals surface area contributed by atoms with Gasteiger partial charge < -0.3 is 14.5 Å². The highest BCUT2D eigenvalue weighted by molar-refractivity contribution is 6.30. The molecule has 0 unspecified atom stereocenters. The normalized spacial score (nSPS) is 10.7. The van der Waals surface area contributed by atoms with Crippen LogP contribution in [0.1, 0.15) is 15.9 Å². The van der Waals surface area contributed by atoms with Crippen LogP contribution in [0.15, 0.2) is 71.3 Å². The van der Waals surface area contributed by atoms with Crippen molar-refractivity contribution in [3.8, 4) is 17.3 Å². The molecule has 4 rings (SSSR count). The highest BCUT2D eigenvalue weighted by Gasteiger charge is 2.19. The zero-order valence-corrected chi connectivity index (χ0v) is 17.0. The smallest absolute Gasteiger partial charge is 0.287 e. The van der Waals surface area contributed by atoms with Gasteiger partial charge in [-0.3, -0.25) is 4.79 Å². The van der Waals surface area contributed by atoms with Crippen LogP contribution < -0.4 is 10.1 Å². The molecular weight excluding hydrogens is 404 g/mol. The van der Waals surface area contributed by atoms with E-state index < -0.39 is 0 Å². The van der Waals surface area contributed by atoms with E-state index in [1.165, 1.54) is 16.5 Å². The van der Waals surface area contributed by atoms with E-state index in [1.807, 2.05) is 31.2 Å². The lowest BCUT2D eigenvalue weighted by molar-refractivity contribution is 0.0824. The van der Waals surface area contributed by atoms with E-state index in [2.05, 4.69) is 15.4 Å². The minimum Gasteiger partial charge on any atom is -0.484 e. The Hall–Kier alpha value is -3.58. The second-order valence-corrected chi connectivity index (χ2v) is 7.06. The van der Waals surface area contributed by atoms with Crippen molar-refractivity contribution in [2.45, 2.75) is 13.5 Å². The summed E-state index contributed by atoms with van der Waals surface area (Å²) in [6.07, 6.45) is 1.53. The van der Waals surface area contributed by atoms with E-state index in [0.29, 0.717) is 34.8 Å². The Morgan fingerprint density at radius 2 is 1.90 bits per heavy atom. The summed E-state index contributed by atoms with van der Waals surface area (Å²) in [5.74, 6) is 1.26. The van der Waals surface area contributed by atoms with Gasteiger partial charge in [0, 0.05) is 11.6 Å². The number of anilines is 1. The Balaban J connectivity index is 1.52. The van der Waals surface area contributed by atoms with Crippen molar-refractivity contribution in [2.75, 3.05) is 11.9 Å². The summed E-state index contributed by atoms with van der Waals surface area (Å²) in [5.41, 5.74) is 2.23. The molecule has 0 atom stereocenters. The molecular formula is C22H19ClN4O3. The highest BCUT2D eigenvalue weighted by Crippen LogP contribution is 2.20. The number of aromatic nitrogens is 3. The largest absolute Gasteiger partial charge is 0.484 e. The molecule has 0 saturated carbocycles. The first-order chi connectivity index (χ1) is 14.6. The van der Waals surface area contributed by atoms with Gasteiger partial charge in [-0.1, -0.05) is 41.4 Å². The Morgan fingerprint density at radius 3 is 2.60 bits per heavy atom. The zero-order chi connectivity index (χ0) is 20.9. The van der Waals surface area contributed by atoms with Crippen LogP contribution in [0, 0.1) is 6.92 Å². The number of nitrogens with zero attached hydrogens (tertiary/aromatic N) is 3. The summed E-state index contributed by atoms with van der Waals surface area (Å²) in [5, 5.41) is 8.07. The zero-order valence-electron chi connectivity index (χ0n) is 16.2. The van der Waals surface area contributed by atoms with E-state index in [4.69, 9.17) is 20.8 Å². The fourth-order valence-corrected chi connectivity index (χ4v) is 2.86. The molecule has 0 aliphatic rings. The first kappa shape index (κ1) is 19.7. The molecule has 2 heterocycles. The maximum absolute atomic E-state index is 12.8. The van der Waals surface area contributed by atoms with Crippen LogP contribution in [0.25, 0.3) is 11.6 Å². The topological polar surface area (TPSA) is 82.2 Å². The summed E-state index contributed by atoms with van der Waals surface area (Å²) in [6, 6.07) is 18.3. The van der Waals surface area contributed by atoms with Crippen LogP contribution in [0.3, 0.4) is 0 Å². The number of carbonyl (C=O) groups is 1. The molecule has 8 heteroatoms. The molecule has 0 spiro atoms. The molecule has 0 fully saturated rings. The predicted octanol–water partition coefficient (Wildman–Crippen LogP) is 4.83. The molecule has 30 heavy (non-hydrogen) atoms. The van der Waals surface area contributed by atoms with Crippen LogP contribution in [0.5, 0.6) is 5.75 Å². The fourth-order valence-electron chi connectivity index (χ4n) is 2.73. The van der Waals surface area contributed by atoms with Crippen LogP contribution in [-0.2, 0) is 6.54 Å². The lowest BCUT2D eigenvalue weighted by Crippen LogP contribution is -2.22. The number of furan rings is 1. The summed E-state index contributed by atoms with van der Waals surface area (Å²) in [6.45, 7) is 2.31. The molecule has 4 aromatic rings. The van der Waals surface area contributed by atoms with Gasteiger partial charge in [0.2, 0.25) is 11.8 Å². The summed E-state index contributed by atoms with van der Waals surface area (Å²) in [7, 11) is 0. The van der Waals surface area contributed by atoms with Gasteiger partial charge in [0.25, 0.3) is 5.91 Å². The van der Waals surface area contributed by atoms with E-state index in [0.717, 1.165) is 5.56 Å². The Bertz CT molecular complexity index is 1120. The van der Waals surface area contributed by atoms with Gasteiger partial charge in [0.1, 0.15) is 5.75 Å². The first-order valence-corrected chi connectivity index (χ1v) is 9.68. The number of aryl methyl sites for hydroxylation is 1. The average molecular weight is 423 g/mol. The lowest BCUT2D eigenvalue weighted by atomic mass is 10.1. The molecule has 0 bridgehead atoms. The van der Waals surface area contributed by atoms with Gasteiger partial charge >= 0.3 is 0 Å². The Morgan fingerprint density at radius 1 is 1.13 bits per heavy atom. The predicted molar refractivity (Wildman–Crippen MR) is 114 cm³/mol. The summed E-state index contributed by atoms with van der Waals surface area (Å²) < 4.78 is 12.1. The van der Waals surface area contributed by atoms with Crippen LogP contribution in [0.4, 0.5) is 5.95 Å². The van der Waals surface area contributed by atoms with E-state index >= 15 is 0 Å². The monoisotopic (exact) mass is 422 g/mol. The molecule has 7 nitrogen and oxygen atoms in total. The molecule has 0 amide bonds. The third-order valence-corrected chi connectivity index (χ3v) is 4.58. The number of halogens is 1. The van der Waals surface area contributed by atoms with Gasteiger partial charge in [-0.2, -0.15) is 9.67 Å². The van der Waals surface area contributed by atoms with Crippen molar-refractivity contribution < 1.29 is 13.9 Å². The van der Waals surface area contributed by atoms with Gasteiger partial charge in [-0.25, -0.2) is 0 Å². The second kappa shape index (κ2) is 8.84. The standard InChI is InChI=1S/C22H19ClN4O3/c1-15-4-6-16(7-5-15)13-24-22-25-21(19-3-2-12-29-19)26-27(22)20(28)14-30-18-10-8-17(23)9-11-18/h2-12H,13-14H2,1H3,(H,24,25,26). The van der Waals surface area contributed by atoms with Gasteiger partial charge in [-0.05, 0) is 48.9 Å². The van der Waals surface area contributed by atoms with Gasteiger partial charge in [-0.15, -0.1) is 5.10 Å². The van der Waals surface area contributed by atoms with Gasteiger partial charge in [0.05, 0.1) is 6.26 Å². The molecule has 1 N–H and O–H groups in total. The van der Waals surface area contributed by atoms with Crippen molar-refractivity contribution in [1.29, 1.82) is 0 Å². The molecule has 0 radical (unpaired) electrons. The number of carbonyl (C=O) groups excluding carboxylic acids is 1. The van der Waals surface area contributed by atoms with Crippen molar-refractivity contribution in [2.24, 2.45) is 0 Å². The summed E-state index contributed by atoms with van der Waals surface area (Å²) in [4.78, 5) is 17.2. The highest BCUT2D eigenvalue weighted by atomic mass is 35.5. The first-order valence-electron chi connectivity index (χ1n) is 9.30. The Labute approximate surface area is 178 Å². The van der Waals surface area contributed by atoms with Crippen LogP contribution in [0.2, 0.25) is 5.02 Å². The lowest BCUT2D eigenvalue weighted by Gasteiger charge is -2.09. The summed E-state index contributed by atoms with van der Waals surface area (Å²) >= 11 is 5.87. The number of hydrogen-bond donors (Lipinski definition) is 1. The van der Waals surface area contributed by atoms with Crippen molar-refractivity contribution >= 4 is 23.5 Å². The van der Waals surface area contributed by atoms with Gasteiger partial charge in [0.15, 0.2) is 12.4 Å². The number of ether oxygens (including phenoxy) is 1. The van der Waals surface area contributed by atoms with E-state index in [1.54, 1.807) is 36.4 Å². The van der Waals surface area contributed by atoms with E-state index in [-0.39, 0.29) is 12.5 Å². The van der Waals surface area contributed by atoms with Crippen molar-refractivity contribution in [3.05, 3.63) is 83.1 Å². The molecule has 152 valence electrons. The number of nitrogens with one attached hydrogen (secondary N) is 1. The quantitative estimate of drug-likeness (QED) is 0.459. The molecule has 2 aromatic heterocycles. The number of rotatable bonds is 7. The minimum atomic E-state index is -0.373. The molecule has 0 aliphatic carbocycles. The second-order valence-electron chi connectivity index (χ2n) is 6.62. The average Bonchev–Trinajstić information content (AvgIpc) is 3.43. The maximum atomic E-state index is 12.8.